The summed E-state index contributed by atoms with van der Waals surface area (Å²) in [7, 11) is 0. The van der Waals surface area contributed by atoms with E-state index in [4.69, 9.17) is 10.2 Å². The van der Waals surface area contributed by atoms with E-state index in [1.165, 1.54) is 0 Å². The molecule has 1 aliphatic heterocycles. The number of aryl methyl sites for hydroxylation is 1. The van der Waals surface area contributed by atoms with Crippen LogP contribution >= 0.6 is 0 Å². The lowest BCUT2D eigenvalue weighted by atomic mass is 10.0. The third-order valence-electron chi connectivity index (χ3n) is 4.48. The van der Waals surface area contributed by atoms with Gasteiger partial charge >= 0.3 is 0 Å². The van der Waals surface area contributed by atoms with Gasteiger partial charge < -0.3 is 9.88 Å². The molecule has 1 atom stereocenters. The van der Waals surface area contributed by atoms with Gasteiger partial charge in [-0.25, -0.2) is 9.97 Å². The van der Waals surface area contributed by atoms with Crippen molar-refractivity contribution in [3.63, 3.8) is 0 Å². The predicted octanol–water partition coefficient (Wildman–Crippen LogP) is 3.20. The van der Waals surface area contributed by atoms with Crippen LogP contribution in [0.1, 0.15) is 23.9 Å². The number of imidazole rings is 1. The van der Waals surface area contributed by atoms with Gasteiger partial charge in [0.15, 0.2) is 11.8 Å². The third-order valence-corrected chi connectivity index (χ3v) is 4.48. The van der Waals surface area contributed by atoms with E-state index in [0.717, 1.165) is 53.3 Å². The summed E-state index contributed by atoms with van der Waals surface area (Å²) in [6.45, 7) is 3.57. The Balaban J connectivity index is 1.74. The van der Waals surface area contributed by atoms with E-state index < -0.39 is 0 Å². The standard InChI is InChI=1S/C18H17N5/c1-12-15(13-5-3-2-4-6-13)9-16-18(20-12)22-17(21-16)14-7-8-23(10-14)11-19/h2-6,9,14H,7-8,10H2,1H3,(H,20,21,22). The zero-order valence-corrected chi connectivity index (χ0v) is 13.0. The van der Waals surface area contributed by atoms with Crippen LogP contribution in [0.4, 0.5) is 0 Å². The van der Waals surface area contributed by atoms with E-state index in [1.54, 1.807) is 4.90 Å². The van der Waals surface area contributed by atoms with Crippen molar-refractivity contribution in [2.45, 2.75) is 19.3 Å². The van der Waals surface area contributed by atoms with Crippen LogP contribution in [-0.2, 0) is 0 Å². The van der Waals surface area contributed by atoms with Crippen LogP contribution in [0.3, 0.4) is 0 Å². The van der Waals surface area contributed by atoms with Gasteiger partial charge in [-0.05, 0) is 25.0 Å². The normalized spacial score (nSPS) is 17.6. The van der Waals surface area contributed by atoms with E-state index in [-0.39, 0.29) is 5.92 Å². The van der Waals surface area contributed by atoms with E-state index in [2.05, 4.69) is 34.4 Å². The molecule has 1 fully saturated rings. The second-order valence-corrected chi connectivity index (χ2v) is 6.01. The van der Waals surface area contributed by atoms with Crippen LogP contribution in [0.25, 0.3) is 22.3 Å². The fourth-order valence-electron chi connectivity index (χ4n) is 3.23. The number of aromatic nitrogens is 3. The summed E-state index contributed by atoms with van der Waals surface area (Å²) in [5, 5.41) is 9.00. The van der Waals surface area contributed by atoms with Crippen molar-refractivity contribution in [2.24, 2.45) is 0 Å². The van der Waals surface area contributed by atoms with Crippen molar-refractivity contribution in [1.29, 1.82) is 5.26 Å². The molecular formula is C18H17N5. The fraction of sp³-hybridized carbons (Fsp3) is 0.278. The minimum absolute atomic E-state index is 0.282. The summed E-state index contributed by atoms with van der Waals surface area (Å²) >= 11 is 0. The first-order valence-corrected chi connectivity index (χ1v) is 7.82. The molecule has 0 aliphatic carbocycles. The van der Waals surface area contributed by atoms with Crippen molar-refractivity contribution in [3.05, 3.63) is 47.9 Å². The molecule has 23 heavy (non-hydrogen) atoms. The van der Waals surface area contributed by atoms with Gasteiger partial charge in [-0.2, -0.15) is 5.26 Å². The number of nitriles is 1. The first-order valence-electron chi connectivity index (χ1n) is 7.82. The maximum Gasteiger partial charge on any atom is 0.179 e. The molecule has 5 nitrogen and oxygen atoms in total. The lowest BCUT2D eigenvalue weighted by Crippen LogP contribution is -2.13. The van der Waals surface area contributed by atoms with Crippen LogP contribution in [0.15, 0.2) is 36.4 Å². The average Bonchev–Trinajstić information content (AvgIpc) is 3.20. The second kappa shape index (κ2) is 5.40. The Bertz CT molecular complexity index is 891. The summed E-state index contributed by atoms with van der Waals surface area (Å²) in [5.74, 6) is 1.22. The smallest absolute Gasteiger partial charge is 0.179 e. The van der Waals surface area contributed by atoms with Crippen molar-refractivity contribution in [3.8, 4) is 17.3 Å². The highest BCUT2D eigenvalue weighted by Gasteiger charge is 2.26. The molecule has 5 heteroatoms. The number of likely N-dealkylation sites (tertiary alicyclic amines) is 1. The fourth-order valence-corrected chi connectivity index (χ4v) is 3.23. The number of nitrogens with zero attached hydrogens (tertiary/aromatic N) is 4. The number of hydrogen-bond acceptors (Lipinski definition) is 4. The number of hydrogen-bond donors (Lipinski definition) is 1. The number of benzene rings is 1. The molecule has 3 aromatic rings. The number of nitrogens with one attached hydrogen (secondary N) is 1. The molecule has 4 rings (SSSR count). The maximum absolute atomic E-state index is 9.00. The molecule has 2 aromatic heterocycles. The first-order chi connectivity index (χ1) is 11.2. The van der Waals surface area contributed by atoms with Crippen molar-refractivity contribution in [2.75, 3.05) is 13.1 Å². The quantitative estimate of drug-likeness (QED) is 0.738. The van der Waals surface area contributed by atoms with Gasteiger partial charge in [-0.15, -0.1) is 0 Å². The number of rotatable bonds is 2. The van der Waals surface area contributed by atoms with E-state index >= 15 is 0 Å². The zero-order valence-electron chi connectivity index (χ0n) is 13.0. The maximum atomic E-state index is 9.00. The monoisotopic (exact) mass is 303 g/mol. The molecule has 0 amide bonds. The Labute approximate surface area is 134 Å². The SMILES string of the molecule is Cc1nc2[nH]c(C3CCN(C#N)C3)nc2cc1-c1ccccc1. The molecule has 0 radical (unpaired) electrons. The average molecular weight is 303 g/mol. The molecule has 0 bridgehead atoms. The highest BCUT2D eigenvalue weighted by molar-refractivity contribution is 5.80. The molecular weight excluding hydrogens is 286 g/mol. The topological polar surface area (TPSA) is 68.6 Å². The largest absolute Gasteiger partial charge is 0.326 e. The highest BCUT2D eigenvalue weighted by atomic mass is 15.1. The highest BCUT2D eigenvalue weighted by Crippen LogP contribution is 2.29. The van der Waals surface area contributed by atoms with Gasteiger partial charge in [0.2, 0.25) is 0 Å². The predicted molar refractivity (Wildman–Crippen MR) is 88.6 cm³/mol. The van der Waals surface area contributed by atoms with Crippen LogP contribution in [-0.4, -0.2) is 32.9 Å². The molecule has 1 aromatic carbocycles. The van der Waals surface area contributed by atoms with Crippen molar-refractivity contribution < 1.29 is 0 Å². The van der Waals surface area contributed by atoms with Crippen molar-refractivity contribution in [1.82, 2.24) is 19.9 Å². The van der Waals surface area contributed by atoms with E-state index in [0.29, 0.717) is 0 Å². The molecule has 1 saturated heterocycles. The molecule has 3 heterocycles. The lowest BCUT2D eigenvalue weighted by Gasteiger charge is -2.05. The zero-order chi connectivity index (χ0) is 15.8. The van der Waals surface area contributed by atoms with Crippen LogP contribution in [0.5, 0.6) is 0 Å². The van der Waals surface area contributed by atoms with Gasteiger partial charge in [0, 0.05) is 30.3 Å². The van der Waals surface area contributed by atoms with Gasteiger partial charge in [0.25, 0.3) is 0 Å². The number of aromatic amines is 1. The molecule has 0 saturated carbocycles. The van der Waals surface area contributed by atoms with Crippen LogP contribution < -0.4 is 0 Å². The summed E-state index contributed by atoms with van der Waals surface area (Å²) < 4.78 is 0. The molecule has 114 valence electrons. The first kappa shape index (κ1) is 13.8. The molecule has 1 unspecified atom stereocenters. The van der Waals surface area contributed by atoms with Gasteiger partial charge in [0.1, 0.15) is 11.3 Å². The van der Waals surface area contributed by atoms with Gasteiger partial charge in [0.05, 0.1) is 0 Å². The summed E-state index contributed by atoms with van der Waals surface area (Å²) in [6.07, 6.45) is 3.17. The Kier molecular flexibility index (Phi) is 3.23. The molecule has 1 N–H and O–H groups in total. The third kappa shape index (κ3) is 2.42. The van der Waals surface area contributed by atoms with E-state index in [1.807, 2.05) is 25.1 Å². The minimum Gasteiger partial charge on any atom is -0.326 e. The second-order valence-electron chi connectivity index (χ2n) is 6.01. The summed E-state index contributed by atoms with van der Waals surface area (Å²) in [4.78, 5) is 14.6. The van der Waals surface area contributed by atoms with Crippen LogP contribution in [0, 0.1) is 18.4 Å². The van der Waals surface area contributed by atoms with Gasteiger partial charge in [-0.3, -0.25) is 0 Å². The van der Waals surface area contributed by atoms with Crippen LogP contribution in [0.2, 0.25) is 0 Å². The number of H-pyrrole nitrogens is 1. The Morgan fingerprint density at radius 3 is 2.83 bits per heavy atom. The van der Waals surface area contributed by atoms with Gasteiger partial charge in [-0.1, -0.05) is 30.3 Å². The Morgan fingerprint density at radius 1 is 1.26 bits per heavy atom. The van der Waals surface area contributed by atoms with E-state index in [9.17, 15) is 0 Å². The summed E-state index contributed by atoms with van der Waals surface area (Å²) in [5.41, 5.74) is 4.97. The Hall–Kier alpha value is -2.87. The Morgan fingerprint density at radius 2 is 2.09 bits per heavy atom. The minimum atomic E-state index is 0.282. The molecule has 1 aliphatic rings. The summed E-state index contributed by atoms with van der Waals surface area (Å²) in [6, 6.07) is 12.4. The lowest BCUT2D eigenvalue weighted by molar-refractivity contribution is 0.477. The number of fused-ring (bicyclic) bond motifs is 1. The van der Waals surface area contributed by atoms with Crippen molar-refractivity contribution >= 4 is 11.2 Å². The molecule has 0 spiro atoms. The number of pyridine rings is 1.